The first-order valence-electron chi connectivity index (χ1n) is 0.756. The first-order valence-corrected chi connectivity index (χ1v) is 1.51. The van der Waals surface area contributed by atoms with Crippen LogP contribution in [0.2, 0.25) is 0 Å². The Morgan fingerprint density at radius 2 is 1.17 bits per heavy atom. The normalized spacial score (nSPS) is 10.0. The molecule has 0 aromatic carbocycles. The molecule has 0 saturated heterocycles. The topological polar surface area (TPSA) is 0 Å². The van der Waals surface area contributed by atoms with Crippen molar-refractivity contribution in [1.82, 2.24) is 0 Å². The van der Waals surface area contributed by atoms with E-state index in [1.54, 1.807) is 0 Å². The van der Waals surface area contributed by atoms with E-state index in [1.807, 2.05) is 0 Å². The minimum absolute atomic E-state index is 0. The summed E-state index contributed by atoms with van der Waals surface area (Å²) in [6.07, 6.45) is 0. The van der Waals surface area contributed by atoms with E-state index in [2.05, 4.69) is 23.2 Å². The molecule has 0 unspecified atom stereocenters. The molecule has 38 valence electrons. The summed E-state index contributed by atoms with van der Waals surface area (Å²) in [6, 6.07) is 0. The molecule has 0 aliphatic rings. The second-order valence-corrected chi connectivity index (χ2v) is 1.57. The maximum absolute atomic E-state index is 10.6. The van der Waals surface area contributed by atoms with Crippen LogP contribution in [0.5, 0.6) is 0 Å². The van der Waals surface area contributed by atoms with E-state index < -0.39 is 4.84 Å². The quantitative estimate of drug-likeness (QED) is 0.461. The predicted molar refractivity (Wildman–Crippen MR) is 25.2 cm³/mol. The molecule has 0 fully saturated rings. The zero-order valence-electron chi connectivity index (χ0n) is 2.72. The Labute approximate surface area is 64.0 Å². The third-order valence-corrected chi connectivity index (χ3v) is 0. The van der Waals surface area contributed by atoms with Crippen LogP contribution < -0.4 is 0 Å². The van der Waals surface area contributed by atoms with E-state index in [0.29, 0.717) is 0 Å². The molecule has 0 heterocycles. The summed E-state index contributed by atoms with van der Waals surface area (Å²) >= 11 is 7.92. The number of hydrogen-bond acceptors (Lipinski definition) is 0. The molecular formula is CH2Cl2F2Pb. The van der Waals surface area contributed by atoms with Crippen molar-refractivity contribution in [2.24, 2.45) is 0 Å². The fourth-order valence-electron chi connectivity index (χ4n) is 0. The molecule has 0 aliphatic carbocycles. The molecule has 0 aromatic rings. The predicted octanol–water partition coefficient (Wildman–Crippen LogP) is 1.10. The summed E-state index contributed by atoms with van der Waals surface area (Å²) in [5.74, 6) is 0. The third kappa shape index (κ3) is 55.0. The summed E-state index contributed by atoms with van der Waals surface area (Å²) in [5, 5.41) is 0. The zero-order chi connectivity index (χ0) is 4.50. The molecule has 0 aliphatic heterocycles. The number of hydrogen-bond donors (Lipinski definition) is 0. The Hall–Kier alpha value is 1.36. The average molecular weight is 330 g/mol. The Kier molecular flexibility index (Phi) is 5.83. The molecule has 0 atom stereocenters. The second-order valence-electron chi connectivity index (χ2n) is 0.429. The van der Waals surface area contributed by atoms with Gasteiger partial charge in [-0.05, 0) is 23.2 Å². The van der Waals surface area contributed by atoms with Crippen molar-refractivity contribution in [3.05, 3.63) is 0 Å². The molecule has 0 amide bonds. The summed E-state index contributed by atoms with van der Waals surface area (Å²) in [7, 11) is 0. The molecule has 5 heteroatoms. The van der Waals surface area contributed by atoms with Crippen LogP contribution in [0.25, 0.3) is 0 Å². The van der Waals surface area contributed by atoms with E-state index in [-0.39, 0.29) is 27.3 Å². The van der Waals surface area contributed by atoms with Gasteiger partial charge in [0.15, 0.2) is 0 Å². The van der Waals surface area contributed by atoms with E-state index in [0.717, 1.165) is 0 Å². The molecule has 0 aromatic heterocycles. The summed E-state index contributed by atoms with van der Waals surface area (Å²) < 4.78 is 21.1. The van der Waals surface area contributed by atoms with Gasteiger partial charge in [-0.2, -0.15) is 8.78 Å². The van der Waals surface area contributed by atoms with Gasteiger partial charge < -0.3 is 0 Å². The van der Waals surface area contributed by atoms with Gasteiger partial charge in [0.1, 0.15) is 0 Å². The van der Waals surface area contributed by atoms with Crippen molar-refractivity contribution in [1.29, 1.82) is 0 Å². The maximum atomic E-state index is 10.6. The summed E-state index contributed by atoms with van der Waals surface area (Å²) in [4.78, 5) is -3.56. The van der Waals surface area contributed by atoms with Crippen molar-refractivity contribution in [3.8, 4) is 0 Å². The van der Waals surface area contributed by atoms with E-state index >= 15 is 0 Å². The Balaban J connectivity index is 0. The van der Waals surface area contributed by atoms with Crippen LogP contribution in [-0.4, -0.2) is 32.1 Å². The number of alkyl halides is 4. The Morgan fingerprint density at radius 3 is 1.17 bits per heavy atom. The average Bonchev–Trinajstić information content (AvgIpc) is 0.722. The number of halogens is 4. The fourth-order valence-corrected chi connectivity index (χ4v) is 0. The van der Waals surface area contributed by atoms with Gasteiger partial charge in [0.2, 0.25) is 0 Å². The monoisotopic (exact) mass is 330 g/mol. The van der Waals surface area contributed by atoms with E-state index in [9.17, 15) is 8.78 Å². The van der Waals surface area contributed by atoms with Crippen molar-refractivity contribution >= 4 is 50.5 Å². The van der Waals surface area contributed by atoms with E-state index in [4.69, 9.17) is 0 Å². The van der Waals surface area contributed by atoms with Crippen LogP contribution in [0.1, 0.15) is 0 Å². The van der Waals surface area contributed by atoms with Gasteiger partial charge in [-0.1, -0.05) is 0 Å². The van der Waals surface area contributed by atoms with Gasteiger partial charge in [-0.15, -0.1) is 0 Å². The molecule has 2 radical (unpaired) electrons. The van der Waals surface area contributed by atoms with Crippen LogP contribution in [0, 0.1) is 0 Å². The van der Waals surface area contributed by atoms with Gasteiger partial charge >= 0.3 is 32.1 Å². The van der Waals surface area contributed by atoms with E-state index in [1.165, 1.54) is 0 Å². The number of rotatable bonds is 0. The molecule has 0 nitrogen and oxygen atoms in total. The summed E-state index contributed by atoms with van der Waals surface area (Å²) in [6.45, 7) is 0. The van der Waals surface area contributed by atoms with Crippen molar-refractivity contribution in [2.45, 2.75) is 4.84 Å². The SMILES string of the molecule is FC(F)(Cl)Cl.[PbH2]. The first-order chi connectivity index (χ1) is 2.00. The van der Waals surface area contributed by atoms with Gasteiger partial charge in [0.05, 0.1) is 0 Å². The van der Waals surface area contributed by atoms with Gasteiger partial charge in [-0.25, -0.2) is 0 Å². The molecule has 0 rings (SSSR count). The molecule has 0 bridgehead atoms. The molecule has 6 heavy (non-hydrogen) atoms. The van der Waals surface area contributed by atoms with Crippen molar-refractivity contribution in [3.63, 3.8) is 0 Å². The standard InChI is InChI=1S/CCl2F2.Pb.2H/c2-1(3,4)5;;;. The van der Waals surface area contributed by atoms with Crippen molar-refractivity contribution < 1.29 is 8.78 Å². The summed E-state index contributed by atoms with van der Waals surface area (Å²) in [5.41, 5.74) is 0. The van der Waals surface area contributed by atoms with Crippen LogP contribution in [0.3, 0.4) is 0 Å². The Bertz CT molecular complexity index is 27.0. The molecular weight excluding hydrogens is 328 g/mol. The van der Waals surface area contributed by atoms with Gasteiger partial charge in [-0.3, -0.25) is 0 Å². The van der Waals surface area contributed by atoms with Crippen molar-refractivity contribution in [2.75, 3.05) is 0 Å². The fraction of sp³-hybridized carbons (Fsp3) is 1.00. The second kappa shape index (κ2) is 3.37. The van der Waals surface area contributed by atoms with Gasteiger partial charge in [0, 0.05) is 0 Å². The van der Waals surface area contributed by atoms with Gasteiger partial charge in [0.25, 0.3) is 0 Å². The molecule has 0 spiro atoms. The Morgan fingerprint density at radius 1 is 1.17 bits per heavy atom. The van der Waals surface area contributed by atoms with Crippen LogP contribution >= 0.6 is 23.2 Å². The molecule has 0 N–H and O–H groups in total. The van der Waals surface area contributed by atoms with Crippen LogP contribution in [0.15, 0.2) is 0 Å². The zero-order valence-corrected chi connectivity index (χ0v) is 9.73. The van der Waals surface area contributed by atoms with Crippen LogP contribution in [-0.2, 0) is 0 Å². The third-order valence-electron chi connectivity index (χ3n) is 0. The molecule has 0 saturated carbocycles. The first kappa shape index (κ1) is 10.4. The van der Waals surface area contributed by atoms with Crippen LogP contribution in [0.4, 0.5) is 8.78 Å². The minimum atomic E-state index is -3.56.